The second-order valence-corrected chi connectivity index (χ2v) is 11.4. The molecular weight excluding hydrogens is 577 g/mol. The number of ether oxygens (including phenoxy) is 3. The quantitative estimate of drug-likeness (QED) is 0.270. The molecule has 0 saturated heterocycles. The van der Waals surface area contributed by atoms with Gasteiger partial charge in [-0.05, 0) is 74.4 Å². The molecule has 0 heterocycles. The van der Waals surface area contributed by atoms with E-state index in [9.17, 15) is 22.4 Å². The van der Waals surface area contributed by atoms with Crippen LogP contribution < -0.4 is 23.8 Å². The molecule has 3 rings (SSSR count). The van der Waals surface area contributed by atoms with Crippen molar-refractivity contribution in [3.05, 3.63) is 78.1 Å². The number of amides is 2. The lowest BCUT2D eigenvalue weighted by atomic mass is 10.1. The molecule has 0 aromatic heterocycles. The molecule has 1 atom stereocenters. The number of methoxy groups -OCH3 is 2. The number of hydrogen-bond donors (Lipinski definition) is 1. The van der Waals surface area contributed by atoms with Gasteiger partial charge < -0.3 is 24.4 Å². The summed E-state index contributed by atoms with van der Waals surface area (Å²) >= 11 is 0. The van der Waals surface area contributed by atoms with Crippen molar-refractivity contribution >= 4 is 27.5 Å². The zero-order valence-electron chi connectivity index (χ0n) is 25.0. The van der Waals surface area contributed by atoms with Gasteiger partial charge in [0.1, 0.15) is 24.2 Å². The lowest BCUT2D eigenvalue weighted by Crippen LogP contribution is -2.51. The second kappa shape index (κ2) is 15.2. The van der Waals surface area contributed by atoms with Crippen LogP contribution in [0.5, 0.6) is 17.2 Å². The summed E-state index contributed by atoms with van der Waals surface area (Å²) in [5, 5.41) is 2.78. The Kier molecular flexibility index (Phi) is 11.8. The SMILES string of the molecule is CCCNC(=O)[C@H](C)N(Cc1ccc(F)cc1)C(=O)CN(c1ccc(OCC)cc1)S(=O)(=O)c1ccc(OC)c(OC)c1. The topological polar surface area (TPSA) is 114 Å². The first-order chi connectivity index (χ1) is 20.5. The number of nitrogens with zero attached hydrogens (tertiary/aromatic N) is 2. The second-order valence-electron chi connectivity index (χ2n) is 9.57. The molecule has 0 aliphatic carbocycles. The van der Waals surface area contributed by atoms with Crippen molar-refractivity contribution in [2.75, 3.05) is 38.2 Å². The molecule has 3 aromatic rings. The maximum Gasteiger partial charge on any atom is 0.264 e. The number of nitrogens with one attached hydrogen (secondary N) is 1. The molecule has 3 aromatic carbocycles. The van der Waals surface area contributed by atoms with Crippen molar-refractivity contribution < 1.29 is 36.6 Å². The van der Waals surface area contributed by atoms with Crippen LogP contribution in [0.1, 0.15) is 32.8 Å². The number of sulfonamides is 1. The Labute approximate surface area is 252 Å². The third kappa shape index (κ3) is 8.38. The van der Waals surface area contributed by atoms with E-state index in [0.717, 1.165) is 4.31 Å². The Morgan fingerprint density at radius 3 is 2.16 bits per heavy atom. The van der Waals surface area contributed by atoms with Gasteiger partial charge in [-0.3, -0.25) is 13.9 Å². The van der Waals surface area contributed by atoms with Gasteiger partial charge in [-0.1, -0.05) is 19.1 Å². The van der Waals surface area contributed by atoms with Gasteiger partial charge in [0, 0.05) is 19.2 Å². The van der Waals surface area contributed by atoms with Gasteiger partial charge in [-0.25, -0.2) is 12.8 Å². The molecule has 0 unspecified atom stereocenters. The van der Waals surface area contributed by atoms with Crippen LogP contribution in [0.3, 0.4) is 0 Å². The normalized spacial score (nSPS) is 11.8. The van der Waals surface area contributed by atoms with E-state index in [1.165, 1.54) is 73.7 Å². The van der Waals surface area contributed by atoms with Crippen molar-refractivity contribution in [3.8, 4) is 17.2 Å². The minimum absolute atomic E-state index is 0.0483. The van der Waals surface area contributed by atoms with Gasteiger partial charge in [0.15, 0.2) is 11.5 Å². The maximum atomic E-state index is 14.1. The molecule has 0 aliphatic heterocycles. The van der Waals surface area contributed by atoms with E-state index >= 15 is 0 Å². The Morgan fingerprint density at radius 2 is 1.58 bits per heavy atom. The van der Waals surface area contributed by atoms with Crippen molar-refractivity contribution in [2.45, 2.75) is 44.7 Å². The average molecular weight is 616 g/mol. The molecule has 0 aliphatic rings. The highest BCUT2D eigenvalue weighted by atomic mass is 32.2. The van der Waals surface area contributed by atoms with Crippen molar-refractivity contribution in [3.63, 3.8) is 0 Å². The van der Waals surface area contributed by atoms with Crippen LogP contribution in [0.15, 0.2) is 71.6 Å². The monoisotopic (exact) mass is 615 g/mol. The van der Waals surface area contributed by atoms with E-state index in [-0.39, 0.29) is 22.9 Å². The van der Waals surface area contributed by atoms with Crippen molar-refractivity contribution in [2.24, 2.45) is 0 Å². The first-order valence-electron chi connectivity index (χ1n) is 13.8. The lowest BCUT2D eigenvalue weighted by molar-refractivity contribution is -0.139. The first-order valence-corrected chi connectivity index (χ1v) is 15.3. The first kappa shape index (κ1) is 33.2. The summed E-state index contributed by atoms with van der Waals surface area (Å²) < 4.78 is 58.9. The highest BCUT2D eigenvalue weighted by molar-refractivity contribution is 7.92. The Balaban J connectivity index is 2.07. The van der Waals surface area contributed by atoms with Gasteiger partial charge >= 0.3 is 0 Å². The number of carbonyl (C=O) groups excluding carboxylic acids is 2. The van der Waals surface area contributed by atoms with E-state index < -0.39 is 40.2 Å². The number of rotatable bonds is 15. The van der Waals surface area contributed by atoms with Crippen LogP contribution >= 0.6 is 0 Å². The molecular formula is C31H38FN3O7S. The molecule has 0 saturated carbocycles. The van der Waals surface area contributed by atoms with E-state index in [4.69, 9.17) is 14.2 Å². The fraction of sp³-hybridized carbons (Fsp3) is 0.355. The minimum Gasteiger partial charge on any atom is -0.494 e. The number of benzene rings is 3. The molecule has 0 radical (unpaired) electrons. The van der Waals surface area contributed by atoms with E-state index in [2.05, 4.69) is 5.32 Å². The Morgan fingerprint density at radius 1 is 0.930 bits per heavy atom. The summed E-state index contributed by atoms with van der Waals surface area (Å²) in [7, 11) is -1.52. The van der Waals surface area contributed by atoms with Crippen LogP contribution in [0.25, 0.3) is 0 Å². The van der Waals surface area contributed by atoms with Gasteiger partial charge in [0.2, 0.25) is 11.8 Å². The number of anilines is 1. The van der Waals surface area contributed by atoms with Gasteiger partial charge in [-0.15, -0.1) is 0 Å². The number of carbonyl (C=O) groups is 2. The van der Waals surface area contributed by atoms with Crippen LogP contribution in [0.2, 0.25) is 0 Å². The minimum atomic E-state index is -4.34. The summed E-state index contributed by atoms with van der Waals surface area (Å²) in [6.07, 6.45) is 0.694. The molecule has 43 heavy (non-hydrogen) atoms. The summed E-state index contributed by atoms with van der Waals surface area (Å²) in [4.78, 5) is 28.1. The average Bonchev–Trinajstić information content (AvgIpc) is 3.01. The van der Waals surface area contributed by atoms with Crippen molar-refractivity contribution in [1.29, 1.82) is 0 Å². The molecule has 2 amide bonds. The predicted molar refractivity (Wildman–Crippen MR) is 161 cm³/mol. The third-order valence-corrected chi connectivity index (χ3v) is 8.41. The molecule has 0 spiro atoms. The summed E-state index contributed by atoms with van der Waals surface area (Å²) in [5.41, 5.74) is 0.775. The summed E-state index contributed by atoms with van der Waals surface area (Å²) in [6.45, 7) is 5.45. The molecule has 0 fully saturated rings. The van der Waals surface area contributed by atoms with E-state index in [1.807, 2.05) is 13.8 Å². The molecule has 232 valence electrons. The largest absolute Gasteiger partial charge is 0.494 e. The van der Waals surface area contributed by atoms with Crippen LogP contribution in [-0.2, 0) is 26.2 Å². The third-order valence-electron chi connectivity index (χ3n) is 6.64. The van der Waals surface area contributed by atoms with Crippen LogP contribution in [-0.4, -0.2) is 65.1 Å². The smallest absolute Gasteiger partial charge is 0.264 e. The molecule has 0 bridgehead atoms. The highest BCUT2D eigenvalue weighted by Crippen LogP contribution is 2.33. The fourth-order valence-corrected chi connectivity index (χ4v) is 5.70. The van der Waals surface area contributed by atoms with Gasteiger partial charge in [0.25, 0.3) is 10.0 Å². The Bertz CT molecular complexity index is 1480. The summed E-state index contributed by atoms with van der Waals surface area (Å²) in [5.74, 6) is -0.421. The lowest BCUT2D eigenvalue weighted by Gasteiger charge is -2.32. The Hall–Kier alpha value is -4.32. The van der Waals surface area contributed by atoms with E-state index in [1.54, 1.807) is 19.1 Å². The summed E-state index contributed by atoms with van der Waals surface area (Å²) in [6, 6.07) is 15.0. The maximum absolute atomic E-state index is 14.1. The van der Waals surface area contributed by atoms with Crippen LogP contribution in [0, 0.1) is 5.82 Å². The van der Waals surface area contributed by atoms with Gasteiger partial charge in [0.05, 0.1) is 31.4 Å². The number of hydrogen-bond acceptors (Lipinski definition) is 7. The zero-order chi connectivity index (χ0) is 31.6. The molecule has 12 heteroatoms. The fourth-order valence-electron chi connectivity index (χ4n) is 4.27. The number of halogens is 1. The van der Waals surface area contributed by atoms with Gasteiger partial charge in [-0.2, -0.15) is 0 Å². The highest BCUT2D eigenvalue weighted by Gasteiger charge is 2.33. The van der Waals surface area contributed by atoms with E-state index in [0.29, 0.717) is 36.6 Å². The molecule has 10 nitrogen and oxygen atoms in total. The zero-order valence-corrected chi connectivity index (χ0v) is 25.8. The molecule has 1 N–H and O–H groups in total. The van der Waals surface area contributed by atoms with Crippen LogP contribution in [0.4, 0.5) is 10.1 Å². The van der Waals surface area contributed by atoms with Crippen molar-refractivity contribution in [1.82, 2.24) is 10.2 Å². The predicted octanol–water partition coefficient (Wildman–Crippen LogP) is 4.38. The standard InChI is InChI=1S/C31H38FN3O7S/c1-6-18-33-31(37)22(3)34(20-23-8-10-24(32)11-9-23)30(36)21-35(25-12-14-26(15-13-25)42-7-2)43(38,39)27-16-17-28(40-4)29(19-27)41-5/h8-17,19,22H,6-7,18,20-21H2,1-5H3,(H,33,37)/t22-/m0/s1.